The van der Waals surface area contributed by atoms with E-state index in [1.165, 1.54) is 11.3 Å². The van der Waals surface area contributed by atoms with E-state index in [1.54, 1.807) is 18.2 Å². The Bertz CT molecular complexity index is 975. The molecule has 23 heavy (non-hydrogen) atoms. The molecule has 5 nitrogen and oxygen atoms in total. The van der Waals surface area contributed by atoms with E-state index in [1.807, 2.05) is 25.1 Å². The Morgan fingerprint density at radius 3 is 2.61 bits per heavy atom. The van der Waals surface area contributed by atoms with Crippen LogP contribution in [0.3, 0.4) is 0 Å². The van der Waals surface area contributed by atoms with Crippen molar-refractivity contribution in [2.75, 3.05) is 5.73 Å². The minimum Gasteiger partial charge on any atom is -0.375 e. The van der Waals surface area contributed by atoms with Crippen LogP contribution in [0.5, 0.6) is 0 Å². The predicted octanol–water partition coefficient (Wildman–Crippen LogP) is 3.51. The Morgan fingerprint density at radius 2 is 1.87 bits per heavy atom. The van der Waals surface area contributed by atoms with Gasteiger partial charge in [0.1, 0.15) is 11.8 Å². The zero-order valence-corrected chi connectivity index (χ0v) is 13.1. The summed E-state index contributed by atoms with van der Waals surface area (Å²) in [5.41, 5.74) is 9.93. The van der Waals surface area contributed by atoms with Crippen molar-refractivity contribution in [3.05, 3.63) is 53.3 Å². The van der Waals surface area contributed by atoms with E-state index in [0.717, 1.165) is 21.7 Å². The lowest BCUT2D eigenvalue weighted by Gasteiger charge is -2.05. The van der Waals surface area contributed by atoms with Gasteiger partial charge in [-0.2, -0.15) is 10.5 Å². The Hall–Kier alpha value is -3.22. The predicted molar refractivity (Wildman–Crippen MR) is 89.4 cm³/mol. The van der Waals surface area contributed by atoms with Crippen LogP contribution in [0.15, 0.2) is 36.4 Å². The van der Waals surface area contributed by atoms with Gasteiger partial charge >= 0.3 is 0 Å². The van der Waals surface area contributed by atoms with Gasteiger partial charge in [-0.15, -0.1) is 0 Å². The molecule has 2 aromatic heterocycles. The summed E-state index contributed by atoms with van der Waals surface area (Å²) in [7, 11) is 0. The maximum absolute atomic E-state index is 9.11. The minimum absolute atomic E-state index is 0.351. The number of nitrogens with zero attached hydrogens (tertiary/aromatic N) is 4. The summed E-state index contributed by atoms with van der Waals surface area (Å²) in [4.78, 5) is 9.43. The molecule has 0 aliphatic carbocycles. The number of rotatable bonds is 2. The first-order valence-corrected chi connectivity index (χ1v) is 7.58. The molecule has 0 saturated heterocycles. The number of hydrogen-bond acceptors (Lipinski definition) is 6. The highest BCUT2D eigenvalue weighted by Gasteiger charge is 2.15. The molecule has 0 unspecified atom stereocenters. The number of hydrogen-bond donors (Lipinski definition) is 1. The van der Waals surface area contributed by atoms with Crippen molar-refractivity contribution >= 4 is 16.5 Å². The number of nitriles is 2. The van der Waals surface area contributed by atoms with Crippen molar-refractivity contribution in [3.8, 4) is 33.8 Å². The summed E-state index contributed by atoms with van der Waals surface area (Å²) in [5, 5.41) is 18.6. The van der Waals surface area contributed by atoms with Crippen LogP contribution in [-0.4, -0.2) is 9.97 Å². The summed E-state index contributed by atoms with van der Waals surface area (Å²) >= 11 is 1.35. The lowest BCUT2D eigenvalue weighted by atomic mass is 10.0. The van der Waals surface area contributed by atoms with E-state index >= 15 is 0 Å². The number of aryl methyl sites for hydroxylation is 1. The van der Waals surface area contributed by atoms with Crippen molar-refractivity contribution < 1.29 is 0 Å². The summed E-state index contributed by atoms with van der Waals surface area (Å²) in [5.74, 6) is 0. The number of aromatic nitrogens is 2. The average molecular weight is 317 g/mol. The second-order valence-corrected chi connectivity index (χ2v) is 5.95. The van der Waals surface area contributed by atoms with Gasteiger partial charge in [0, 0.05) is 11.3 Å². The fourth-order valence-corrected chi connectivity index (χ4v) is 3.16. The number of pyridine rings is 1. The summed E-state index contributed by atoms with van der Waals surface area (Å²) in [6, 6.07) is 15.0. The quantitative estimate of drug-likeness (QED) is 0.779. The van der Waals surface area contributed by atoms with Crippen LogP contribution >= 0.6 is 11.3 Å². The molecule has 0 spiro atoms. The molecule has 0 aliphatic rings. The van der Waals surface area contributed by atoms with E-state index in [9.17, 15) is 0 Å². The van der Waals surface area contributed by atoms with Gasteiger partial charge < -0.3 is 5.73 Å². The summed E-state index contributed by atoms with van der Waals surface area (Å²) < 4.78 is 0. The molecule has 0 atom stereocenters. The number of thiazole rings is 1. The minimum atomic E-state index is 0.351. The second-order valence-electron chi connectivity index (χ2n) is 4.92. The molecule has 0 saturated carbocycles. The monoisotopic (exact) mass is 317 g/mol. The highest BCUT2D eigenvalue weighted by atomic mass is 32.1. The molecule has 0 aliphatic heterocycles. The molecule has 110 valence electrons. The highest BCUT2D eigenvalue weighted by Crippen LogP contribution is 2.38. The molecule has 2 heterocycles. The fraction of sp³-hybridized carbons (Fsp3) is 0.0588. The maximum atomic E-state index is 9.11. The number of anilines is 1. The van der Waals surface area contributed by atoms with Crippen molar-refractivity contribution in [1.82, 2.24) is 9.97 Å². The average Bonchev–Trinajstić information content (AvgIpc) is 2.96. The topological polar surface area (TPSA) is 99.4 Å². The lowest BCUT2D eigenvalue weighted by Crippen LogP contribution is -1.90. The SMILES string of the molecule is Cc1cc(-c2sc(N)nc2-c2cccc(C#N)c2)cc(C#N)n1. The zero-order chi connectivity index (χ0) is 16.4. The van der Waals surface area contributed by atoms with E-state index < -0.39 is 0 Å². The molecule has 3 rings (SSSR count). The molecule has 0 bridgehead atoms. The smallest absolute Gasteiger partial charge is 0.181 e. The molecular weight excluding hydrogens is 306 g/mol. The van der Waals surface area contributed by atoms with Crippen LogP contribution in [0, 0.1) is 29.6 Å². The van der Waals surface area contributed by atoms with E-state index in [0.29, 0.717) is 22.1 Å². The Balaban J connectivity index is 2.21. The normalized spacial score (nSPS) is 10.0. The zero-order valence-electron chi connectivity index (χ0n) is 12.2. The lowest BCUT2D eigenvalue weighted by molar-refractivity contribution is 1.17. The summed E-state index contributed by atoms with van der Waals surface area (Å²) in [6.07, 6.45) is 0. The molecule has 6 heteroatoms. The van der Waals surface area contributed by atoms with Gasteiger partial charge in [-0.25, -0.2) is 9.97 Å². The van der Waals surface area contributed by atoms with Gasteiger partial charge in [-0.05, 0) is 36.8 Å². The first-order valence-electron chi connectivity index (χ1n) is 6.76. The van der Waals surface area contributed by atoms with Crippen molar-refractivity contribution in [2.45, 2.75) is 6.92 Å². The number of benzene rings is 1. The molecule has 0 fully saturated rings. The Kier molecular flexibility index (Phi) is 3.76. The Labute approximate surface area is 137 Å². The largest absolute Gasteiger partial charge is 0.375 e. The van der Waals surface area contributed by atoms with Crippen molar-refractivity contribution in [2.24, 2.45) is 0 Å². The van der Waals surface area contributed by atoms with Gasteiger partial charge in [-0.1, -0.05) is 23.5 Å². The van der Waals surface area contributed by atoms with Crippen LogP contribution in [0.1, 0.15) is 17.0 Å². The molecular formula is C17H11N5S. The third-order valence-corrected chi connectivity index (χ3v) is 4.17. The van der Waals surface area contributed by atoms with Gasteiger partial charge in [0.05, 0.1) is 22.2 Å². The Morgan fingerprint density at radius 1 is 1.04 bits per heavy atom. The van der Waals surface area contributed by atoms with Crippen LogP contribution in [0.25, 0.3) is 21.7 Å². The molecule has 3 aromatic rings. The highest BCUT2D eigenvalue weighted by molar-refractivity contribution is 7.19. The van der Waals surface area contributed by atoms with E-state index in [2.05, 4.69) is 22.1 Å². The molecule has 2 N–H and O–H groups in total. The third-order valence-electron chi connectivity index (χ3n) is 3.24. The first-order chi connectivity index (χ1) is 11.1. The first kappa shape index (κ1) is 14.7. The molecule has 1 aromatic carbocycles. The third kappa shape index (κ3) is 2.89. The standard InChI is InChI=1S/C17H11N5S/c1-10-5-13(7-14(9-19)21-10)16-15(22-17(20)23-16)12-4-2-3-11(6-12)8-18/h2-7H,1H3,(H2,20,22). The maximum Gasteiger partial charge on any atom is 0.181 e. The van der Waals surface area contributed by atoms with Gasteiger partial charge in [-0.3, -0.25) is 0 Å². The number of nitrogens with two attached hydrogens (primary N) is 1. The van der Waals surface area contributed by atoms with Gasteiger partial charge in [0.15, 0.2) is 5.13 Å². The van der Waals surface area contributed by atoms with E-state index in [-0.39, 0.29) is 0 Å². The van der Waals surface area contributed by atoms with Gasteiger partial charge in [0.2, 0.25) is 0 Å². The molecule has 0 radical (unpaired) electrons. The van der Waals surface area contributed by atoms with E-state index in [4.69, 9.17) is 16.3 Å². The summed E-state index contributed by atoms with van der Waals surface area (Å²) in [6.45, 7) is 1.84. The van der Waals surface area contributed by atoms with Gasteiger partial charge in [0.25, 0.3) is 0 Å². The molecule has 0 amide bonds. The fourth-order valence-electron chi connectivity index (χ4n) is 2.32. The number of nitrogen functional groups attached to an aromatic ring is 1. The van der Waals surface area contributed by atoms with Crippen LogP contribution in [-0.2, 0) is 0 Å². The second kappa shape index (κ2) is 5.88. The van der Waals surface area contributed by atoms with Crippen molar-refractivity contribution in [3.63, 3.8) is 0 Å². The van der Waals surface area contributed by atoms with Crippen LogP contribution < -0.4 is 5.73 Å². The van der Waals surface area contributed by atoms with Crippen LogP contribution in [0.4, 0.5) is 5.13 Å². The van der Waals surface area contributed by atoms with Crippen LogP contribution in [0.2, 0.25) is 0 Å². The van der Waals surface area contributed by atoms with Crippen molar-refractivity contribution in [1.29, 1.82) is 10.5 Å².